The van der Waals surface area contributed by atoms with E-state index in [0.717, 1.165) is 22.6 Å². The Morgan fingerprint density at radius 2 is 1.10 bits per heavy atom. The minimum atomic E-state index is -7.03. The van der Waals surface area contributed by atoms with Crippen LogP contribution in [0.5, 0.6) is 0 Å². The quantitative estimate of drug-likeness (QED) is 0.445. The number of hydrogen-bond donors (Lipinski definition) is 0. The molecule has 13 heteroatoms. The minimum Gasteiger partial charge on any atom is -0.266 e. The van der Waals surface area contributed by atoms with E-state index < -0.39 is 36.3 Å². The molecule has 0 heterocycles. The average molecular weight is 438 g/mol. The van der Waals surface area contributed by atoms with Gasteiger partial charge in [0, 0.05) is 0 Å². The molecule has 0 spiro atoms. The van der Waals surface area contributed by atoms with Crippen molar-refractivity contribution < 1.29 is 53.0 Å². The van der Waals surface area contributed by atoms with Crippen molar-refractivity contribution in [2.45, 2.75) is 30.2 Å². The van der Waals surface area contributed by atoms with Crippen LogP contribution in [0.3, 0.4) is 0 Å². The molecule has 0 aliphatic carbocycles. The molecule has 0 N–H and O–H groups in total. The molecule has 0 aromatic rings. The molecule has 0 aliphatic rings. The maximum Gasteiger partial charge on any atom is 0.462 e. The third kappa shape index (κ3) is 3.65. The van der Waals surface area contributed by atoms with Gasteiger partial charge in [0.1, 0.15) is 0 Å². The Morgan fingerprint density at radius 1 is 0.700 bits per heavy atom. The normalized spacial score (nSPS) is 18.4. The van der Waals surface area contributed by atoms with Crippen LogP contribution >= 0.6 is 22.6 Å². The van der Waals surface area contributed by atoms with Crippen LogP contribution in [-0.4, -0.2) is 30.2 Å². The van der Waals surface area contributed by atoms with Gasteiger partial charge < -0.3 is 0 Å². The number of alkyl halides is 11. The largest absolute Gasteiger partial charge is 0.462 e. The Morgan fingerprint density at radius 3 is 1.35 bits per heavy atom. The van der Waals surface area contributed by atoms with Gasteiger partial charge in [-0.05, 0) is 10.2 Å². The van der Waals surface area contributed by atoms with Crippen LogP contribution in [-0.2, 0) is 4.74 Å². The summed E-state index contributed by atoms with van der Waals surface area (Å²) in [6.45, 7) is 0. The molecule has 0 rings (SSSR count). The monoisotopic (exact) mass is 438 g/mol. The van der Waals surface area contributed by atoms with E-state index in [2.05, 4.69) is 4.74 Å². The van der Waals surface area contributed by atoms with Gasteiger partial charge in [0.15, 0.2) is 0 Å². The van der Waals surface area contributed by atoms with Gasteiger partial charge in [0.2, 0.25) is 0 Å². The zero-order valence-corrected chi connectivity index (χ0v) is 10.8. The highest BCUT2D eigenvalue weighted by Crippen LogP contribution is 2.51. The smallest absolute Gasteiger partial charge is 0.266 e. The summed E-state index contributed by atoms with van der Waals surface area (Å²) >= 11 is 0.886. The second kappa shape index (κ2) is 5.46. The second-order valence-corrected chi connectivity index (χ2v) is 3.85. The molecule has 0 aliphatic heterocycles. The van der Waals surface area contributed by atoms with E-state index in [9.17, 15) is 48.3 Å². The number of hydrogen-bond acceptors (Lipinski definition) is 1. The predicted octanol–water partition coefficient (Wildman–Crippen LogP) is 4.97. The number of ether oxygens (including phenoxy) is 1. The van der Waals surface area contributed by atoms with Gasteiger partial charge in [-0.15, -0.1) is 0 Å². The third-order valence-electron chi connectivity index (χ3n) is 1.66. The van der Waals surface area contributed by atoms with Crippen molar-refractivity contribution in [3.05, 3.63) is 10.2 Å². The summed E-state index contributed by atoms with van der Waals surface area (Å²) in [4.78, 5) is 0. The third-order valence-corrected chi connectivity index (χ3v) is 2.02. The van der Waals surface area contributed by atoms with Crippen molar-refractivity contribution in [2.24, 2.45) is 0 Å². The fourth-order valence-electron chi connectivity index (χ4n) is 0.683. The summed E-state index contributed by atoms with van der Waals surface area (Å²) in [5, 5.41) is 0. The van der Waals surface area contributed by atoms with Crippen LogP contribution < -0.4 is 0 Å². The average Bonchev–Trinajstić information content (AvgIpc) is 2.12. The fraction of sp³-hybridized carbons (Fsp3) is 0.714. The summed E-state index contributed by atoms with van der Waals surface area (Å²) in [6, 6.07) is 0. The van der Waals surface area contributed by atoms with E-state index in [4.69, 9.17) is 0 Å². The van der Waals surface area contributed by atoms with E-state index in [1.807, 2.05) is 0 Å². The van der Waals surface area contributed by atoms with Crippen LogP contribution in [0.4, 0.5) is 48.3 Å². The summed E-state index contributed by atoms with van der Waals surface area (Å²) in [5.41, 5.74) is 0. The minimum absolute atomic E-state index is 0.118. The molecule has 1 nitrogen and oxygen atoms in total. The molecule has 0 aromatic heterocycles. The first-order chi connectivity index (χ1) is 8.52. The number of rotatable bonds is 4. The van der Waals surface area contributed by atoms with Gasteiger partial charge in [0.25, 0.3) is 0 Å². The molecule has 120 valence electrons. The molecule has 20 heavy (non-hydrogen) atoms. The van der Waals surface area contributed by atoms with Gasteiger partial charge in [-0.25, -0.2) is 0 Å². The summed E-state index contributed by atoms with van der Waals surface area (Å²) in [7, 11) is 0. The van der Waals surface area contributed by atoms with Crippen molar-refractivity contribution in [1.82, 2.24) is 0 Å². The first-order valence-corrected chi connectivity index (χ1v) is 5.32. The highest BCUT2D eigenvalue weighted by atomic mass is 127. The Labute approximate surface area is 116 Å². The lowest BCUT2D eigenvalue weighted by molar-refractivity contribution is -0.473. The summed E-state index contributed by atoms with van der Waals surface area (Å²) in [5.74, 6) is -12.5. The van der Waals surface area contributed by atoms with Gasteiger partial charge in [0.05, 0.1) is 0 Å². The van der Waals surface area contributed by atoms with Crippen molar-refractivity contribution in [1.29, 1.82) is 0 Å². The zero-order valence-electron chi connectivity index (χ0n) is 8.60. The van der Waals surface area contributed by atoms with Crippen LogP contribution in [0, 0.1) is 0 Å². The van der Waals surface area contributed by atoms with Crippen molar-refractivity contribution in [3.63, 3.8) is 0 Å². The SMILES string of the molecule is FC(F)(F)C(F)(F)C(F)(F)O[C@](F)(/C=C/I)C(F)(F)F. The fourth-order valence-corrected chi connectivity index (χ4v) is 1.15. The molecule has 0 radical (unpaired) electrons. The van der Waals surface area contributed by atoms with E-state index in [0.29, 0.717) is 0 Å². The van der Waals surface area contributed by atoms with E-state index in [1.165, 1.54) is 0 Å². The van der Waals surface area contributed by atoms with E-state index >= 15 is 0 Å². The van der Waals surface area contributed by atoms with Crippen LogP contribution in [0.2, 0.25) is 0 Å². The van der Waals surface area contributed by atoms with Crippen LogP contribution in [0.15, 0.2) is 10.2 Å². The highest BCUT2D eigenvalue weighted by molar-refractivity contribution is 14.1. The number of halogens is 12. The summed E-state index contributed by atoms with van der Waals surface area (Å²) in [6.07, 6.45) is -20.8. The molecule has 1 atom stereocenters. The molecule has 0 aromatic carbocycles. The lowest BCUT2D eigenvalue weighted by Gasteiger charge is -2.33. The zero-order chi connectivity index (χ0) is 16.6. The Bertz CT molecular complexity index is 370. The Balaban J connectivity index is 5.66. The van der Waals surface area contributed by atoms with Gasteiger partial charge in [-0.1, -0.05) is 22.6 Å². The highest BCUT2D eigenvalue weighted by Gasteiger charge is 2.77. The first-order valence-electron chi connectivity index (χ1n) is 4.08. The predicted molar refractivity (Wildman–Crippen MR) is 50.1 cm³/mol. The van der Waals surface area contributed by atoms with Gasteiger partial charge in [-0.2, -0.15) is 48.3 Å². The van der Waals surface area contributed by atoms with E-state index in [-0.39, 0.29) is 4.08 Å². The topological polar surface area (TPSA) is 9.23 Å². The van der Waals surface area contributed by atoms with Crippen molar-refractivity contribution in [2.75, 3.05) is 0 Å². The van der Waals surface area contributed by atoms with Gasteiger partial charge >= 0.3 is 30.2 Å². The lowest BCUT2D eigenvalue weighted by Crippen LogP contribution is -2.58. The van der Waals surface area contributed by atoms with Crippen molar-refractivity contribution >= 4 is 22.6 Å². The molecule has 0 unspecified atom stereocenters. The van der Waals surface area contributed by atoms with E-state index in [1.54, 1.807) is 0 Å². The maximum atomic E-state index is 13.1. The molecular formula is C7H2F11IO. The van der Waals surface area contributed by atoms with Crippen LogP contribution in [0.1, 0.15) is 0 Å². The molecule has 0 bridgehead atoms. The Kier molecular flexibility index (Phi) is 5.36. The molecule has 0 saturated heterocycles. The second-order valence-electron chi connectivity index (χ2n) is 3.13. The Hall–Kier alpha value is -0.340. The lowest BCUT2D eigenvalue weighted by atomic mass is 10.2. The van der Waals surface area contributed by atoms with Crippen LogP contribution in [0.25, 0.3) is 0 Å². The summed E-state index contributed by atoms with van der Waals surface area (Å²) < 4.78 is 136. The molecule has 0 amide bonds. The molecule has 0 saturated carbocycles. The van der Waals surface area contributed by atoms with Gasteiger partial charge in [-0.3, -0.25) is 4.74 Å². The first kappa shape index (κ1) is 19.7. The molecular weight excluding hydrogens is 436 g/mol. The maximum absolute atomic E-state index is 13.1. The standard InChI is InChI=1S/C7H2F11IO/c8-3(1-2-19,5(11,12)13)20-7(17,18)4(9,10)6(14,15)16/h1-2H/b2-1+/t3-/m1/s1. The molecule has 0 fully saturated rings. The van der Waals surface area contributed by atoms with Crippen molar-refractivity contribution in [3.8, 4) is 0 Å².